The lowest BCUT2D eigenvalue weighted by Crippen LogP contribution is -2.18. The van der Waals surface area contributed by atoms with Crippen LogP contribution in [0.5, 0.6) is 5.75 Å². The quantitative estimate of drug-likeness (QED) is 0.891. The third-order valence-corrected chi connectivity index (χ3v) is 4.36. The van der Waals surface area contributed by atoms with Crippen molar-refractivity contribution in [3.8, 4) is 5.75 Å². The molecule has 1 aromatic heterocycles. The Labute approximate surface area is 118 Å². The van der Waals surface area contributed by atoms with Crippen molar-refractivity contribution in [2.24, 2.45) is 0 Å². The first-order valence-electron chi connectivity index (χ1n) is 6.87. The second-order valence-corrected chi connectivity index (χ2v) is 5.71. The number of hydrogen-bond acceptors (Lipinski definition) is 3. The predicted octanol–water partition coefficient (Wildman–Crippen LogP) is 3.92. The summed E-state index contributed by atoms with van der Waals surface area (Å²) in [6, 6.07) is 9.17. The second kappa shape index (κ2) is 5.76. The first kappa shape index (κ1) is 12.7. The lowest BCUT2D eigenvalue weighted by Gasteiger charge is -2.13. The van der Waals surface area contributed by atoms with Crippen molar-refractivity contribution >= 4 is 11.3 Å². The average molecular weight is 273 g/mol. The maximum atomic E-state index is 5.86. The Hall–Kier alpha value is -1.32. The Morgan fingerprint density at radius 2 is 2.32 bits per heavy atom. The highest BCUT2D eigenvalue weighted by Crippen LogP contribution is 2.33. The highest BCUT2D eigenvalue weighted by molar-refractivity contribution is 7.07. The van der Waals surface area contributed by atoms with E-state index in [4.69, 9.17) is 4.74 Å². The Balaban J connectivity index is 1.68. The molecule has 1 atom stereocenters. The first-order valence-corrected chi connectivity index (χ1v) is 7.81. The van der Waals surface area contributed by atoms with Crippen molar-refractivity contribution in [2.75, 3.05) is 6.54 Å². The molecule has 0 radical (unpaired) electrons. The van der Waals surface area contributed by atoms with Crippen molar-refractivity contribution in [1.82, 2.24) is 5.32 Å². The minimum absolute atomic E-state index is 0.533. The molecule has 0 spiro atoms. The van der Waals surface area contributed by atoms with Gasteiger partial charge in [0.25, 0.3) is 0 Å². The molecular formula is C16H19NOS. The van der Waals surface area contributed by atoms with Crippen LogP contribution in [0.3, 0.4) is 0 Å². The Bertz CT molecular complexity index is 536. The number of fused-ring (bicyclic) bond motifs is 1. The van der Waals surface area contributed by atoms with Gasteiger partial charge in [0.05, 0.1) is 0 Å². The molecule has 0 bridgehead atoms. The lowest BCUT2D eigenvalue weighted by molar-refractivity contribution is 0.306. The number of ether oxygens (including phenoxy) is 1. The van der Waals surface area contributed by atoms with E-state index >= 15 is 0 Å². The van der Waals surface area contributed by atoms with Gasteiger partial charge in [0.15, 0.2) is 0 Å². The topological polar surface area (TPSA) is 21.3 Å². The maximum Gasteiger partial charge on any atom is 0.120 e. The molecule has 0 fully saturated rings. The van der Waals surface area contributed by atoms with Gasteiger partial charge in [0.1, 0.15) is 12.4 Å². The maximum absolute atomic E-state index is 5.86. The fraction of sp³-hybridized carbons (Fsp3) is 0.375. The fourth-order valence-corrected chi connectivity index (χ4v) is 3.34. The molecule has 100 valence electrons. The number of hydrogen-bond donors (Lipinski definition) is 1. The van der Waals surface area contributed by atoms with Crippen LogP contribution in [0.2, 0.25) is 0 Å². The highest BCUT2D eigenvalue weighted by atomic mass is 32.1. The number of nitrogens with one attached hydrogen (secondary N) is 1. The molecule has 0 saturated carbocycles. The third-order valence-electron chi connectivity index (χ3n) is 3.63. The Morgan fingerprint density at radius 3 is 3.11 bits per heavy atom. The molecule has 3 heteroatoms. The SMILES string of the molecule is CCNC1CCc2cc(OCc3ccsc3)ccc21. The van der Waals surface area contributed by atoms with E-state index in [2.05, 4.69) is 47.3 Å². The first-order chi connectivity index (χ1) is 9.36. The van der Waals surface area contributed by atoms with Crippen molar-refractivity contribution in [3.63, 3.8) is 0 Å². The molecule has 3 rings (SSSR count). The van der Waals surface area contributed by atoms with Gasteiger partial charge in [-0.15, -0.1) is 0 Å². The van der Waals surface area contributed by atoms with Gasteiger partial charge < -0.3 is 10.1 Å². The van der Waals surface area contributed by atoms with Gasteiger partial charge in [-0.3, -0.25) is 0 Å². The van der Waals surface area contributed by atoms with Crippen LogP contribution in [0.1, 0.15) is 36.1 Å². The van der Waals surface area contributed by atoms with Crippen LogP contribution in [0.25, 0.3) is 0 Å². The van der Waals surface area contributed by atoms with E-state index in [1.54, 1.807) is 11.3 Å². The molecule has 19 heavy (non-hydrogen) atoms. The summed E-state index contributed by atoms with van der Waals surface area (Å²) in [5, 5.41) is 7.75. The van der Waals surface area contributed by atoms with Crippen molar-refractivity contribution < 1.29 is 4.74 Å². The third kappa shape index (κ3) is 2.82. The minimum atomic E-state index is 0.533. The van der Waals surface area contributed by atoms with Gasteiger partial charge in [0, 0.05) is 6.04 Å². The zero-order chi connectivity index (χ0) is 13.1. The normalized spacial score (nSPS) is 17.4. The molecule has 0 amide bonds. The number of thiophene rings is 1. The van der Waals surface area contributed by atoms with Crippen LogP contribution in [0.15, 0.2) is 35.0 Å². The zero-order valence-electron chi connectivity index (χ0n) is 11.2. The molecule has 2 aromatic rings. The van der Waals surface area contributed by atoms with Crippen LogP contribution in [-0.4, -0.2) is 6.54 Å². The van der Waals surface area contributed by atoms with E-state index in [9.17, 15) is 0 Å². The Kier molecular flexibility index (Phi) is 3.85. The summed E-state index contributed by atoms with van der Waals surface area (Å²) < 4.78 is 5.86. The summed E-state index contributed by atoms with van der Waals surface area (Å²) in [7, 11) is 0. The van der Waals surface area contributed by atoms with Crippen molar-refractivity contribution in [3.05, 3.63) is 51.7 Å². The van der Waals surface area contributed by atoms with E-state index in [1.165, 1.54) is 23.1 Å². The summed E-state index contributed by atoms with van der Waals surface area (Å²) in [4.78, 5) is 0. The van der Waals surface area contributed by atoms with Gasteiger partial charge in [-0.25, -0.2) is 0 Å². The standard InChI is InChI=1S/C16H19NOS/c1-2-17-16-6-3-13-9-14(4-5-15(13)16)18-10-12-7-8-19-11-12/h4-5,7-9,11,16-17H,2-3,6,10H2,1H3. The minimum Gasteiger partial charge on any atom is -0.489 e. The number of rotatable bonds is 5. The number of aryl methyl sites for hydroxylation is 1. The van der Waals surface area contributed by atoms with Gasteiger partial charge in [-0.2, -0.15) is 11.3 Å². The second-order valence-electron chi connectivity index (χ2n) is 4.93. The molecule has 2 nitrogen and oxygen atoms in total. The molecular weight excluding hydrogens is 254 g/mol. The van der Waals surface area contributed by atoms with Crippen LogP contribution in [0, 0.1) is 0 Å². The molecule has 1 aromatic carbocycles. The van der Waals surface area contributed by atoms with E-state index in [1.807, 2.05) is 0 Å². The van der Waals surface area contributed by atoms with Gasteiger partial charge in [-0.1, -0.05) is 13.0 Å². The van der Waals surface area contributed by atoms with Crippen LogP contribution >= 0.6 is 11.3 Å². The molecule has 0 aliphatic heterocycles. The summed E-state index contributed by atoms with van der Waals surface area (Å²) in [5.41, 5.74) is 4.13. The molecule has 1 aliphatic rings. The van der Waals surface area contributed by atoms with E-state index in [0.717, 1.165) is 18.7 Å². The summed E-state index contributed by atoms with van der Waals surface area (Å²) in [6.45, 7) is 3.86. The largest absolute Gasteiger partial charge is 0.489 e. The molecule has 1 N–H and O–H groups in total. The summed E-state index contributed by atoms with van der Waals surface area (Å²) in [6.07, 6.45) is 2.36. The molecule has 1 unspecified atom stereocenters. The predicted molar refractivity (Wildman–Crippen MR) is 79.8 cm³/mol. The summed E-state index contributed by atoms with van der Waals surface area (Å²) in [5.74, 6) is 0.988. The van der Waals surface area contributed by atoms with Crippen molar-refractivity contribution in [2.45, 2.75) is 32.4 Å². The fourth-order valence-electron chi connectivity index (χ4n) is 2.68. The molecule has 0 saturated heterocycles. The van der Waals surface area contributed by atoms with E-state index in [0.29, 0.717) is 12.6 Å². The van der Waals surface area contributed by atoms with E-state index in [-0.39, 0.29) is 0 Å². The van der Waals surface area contributed by atoms with Gasteiger partial charge in [0.2, 0.25) is 0 Å². The van der Waals surface area contributed by atoms with Crippen molar-refractivity contribution in [1.29, 1.82) is 0 Å². The molecule has 1 aliphatic carbocycles. The van der Waals surface area contributed by atoms with Crippen LogP contribution < -0.4 is 10.1 Å². The Morgan fingerprint density at radius 1 is 1.37 bits per heavy atom. The average Bonchev–Trinajstić information content (AvgIpc) is 3.06. The lowest BCUT2D eigenvalue weighted by atomic mass is 10.1. The van der Waals surface area contributed by atoms with Crippen LogP contribution in [-0.2, 0) is 13.0 Å². The summed E-state index contributed by atoms with van der Waals surface area (Å²) >= 11 is 1.71. The molecule has 1 heterocycles. The highest BCUT2D eigenvalue weighted by Gasteiger charge is 2.21. The number of benzene rings is 1. The van der Waals surface area contributed by atoms with Gasteiger partial charge >= 0.3 is 0 Å². The van der Waals surface area contributed by atoms with E-state index < -0.39 is 0 Å². The van der Waals surface area contributed by atoms with Crippen LogP contribution in [0.4, 0.5) is 0 Å². The smallest absolute Gasteiger partial charge is 0.120 e. The zero-order valence-corrected chi connectivity index (χ0v) is 12.0. The monoisotopic (exact) mass is 273 g/mol. The van der Waals surface area contributed by atoms with Gasteiger partial charge in [-0.05, 0) is 65.0 Å².